The lowest BCUT2D eigenvalue weighted by Crippen LogP contribution is -2.26. The van der Waals surface area contributed by atoms with Crippen LogP contribution in [0.5, 0.6) is 0 Å². The molecule has 0 bridgehead atoms. The molecule has 0 aliphatic heterocycles. The summed E-state index contributed by atoms with van der Waals surface area (Å²) in [7, 11) is 3.80. The van der Waals surface area contributed by atoms with Gasteiger partial charge in [-0.25, -0.2) is 0 Å². The molecule has 0 amide bonds. The molecule has 1 N–H and O–H groups in total. The summed E-state index contributed by atoms with van der Waals surface area (Å²) in [5, 5.41) is 3.40. The molecule has 18 heavy (non-hydrogen) atoms. The van der Waals surface area contributed by atoms with Crippen LogP contribution in [0, 0.1) is 6.92 Å². The molecule has 1 atom stereocenters. The zero-order chi connectivity index (χ0) is 13.8. The third-order valence-corrected chi connectivity index (χ3v) is 4.04. The SMILES string of the molecule is CNC(CCC(C)(C)OC)c1ccc(Br)cc1C. The molecule has 0 saturated heterocycles. The van der Waals surface area contributed by atoms with Gasteiger partial charge in [0.1, 0.15) is 0 Å². The van der Waals surface area contributed by atoms with Crippen molar-refractivity contribution >= 4 is 15.9 Å². The Kier molecular flexibility index (Phi) is 5.83. The Labute approximate surface area is 119 Å². The third-order valence-electron chi connectivity index (χ3n) is 3.54. The Morgan fingerprint density at radius 3 is 2.56 bits per heavy atom. The van der Waals surface area contributed by atoms with E-state index in [4.69, 9.17) is 4.74 Å². The van der Waals surface area contributed by atoms with Crippen LogP contribution in [0.25, 0.3) is 0 Å². The number of nitrogens with one attached hydrogen (secondary N) is 1. The highest BCUT2D eigenvalue weighted by Crippen LogP contribution is 2.27. The first kappa shape index (κ1) is 15.7. The van der Waals surface area contributed by atoms with Gasteiger partial charge >= 0.3 is 0 Å². The average Bonchev–Trinajstić information content (AvgIpc) is 2.32. The molecule has 1 aromatic carbocycles. The quantitative estimate of drug-likeness (QED) is 0.849. The topological polar surface area (TPSA) is 21.3 Å². The summed E-state index contributed by atoms with van der Waals surface area (Å²) >= 11 is 3.51. The molecule has 0 saturated carbocycles. The molecule has 1 unspecified atom stereocenters. The fraction of sp³-hybridized carbons (Fsp3) is 0.600. The Balaban J connectivity index is 2.77. The molecule has 1 rings (SSSR count). The number of hydrogen-bond donors (Lipinski definition) is 1. The van der Waals surface area contributed by atoms with E-state index in [1.807, 2.05) is 7.05 Å². The monoisotopic (exact) mass is 313 g/mol. The lowest BCUT2D eigenvalue weighted by atomic mass is 9.93. The van der Waals surface area contributed by atoms with Crippen molar-refractivity contribution in [1.82, 2.24) is 5.32 Å². The second-order valence-corrected chi connectivity index (χ2v) is 6.26. The van der Waals surface area contributed by atoms with E-state index < -0.39 is 0 Å². The molecule has 0 radical (unpaired) electrons. The Bertz CT molecular complexity index is 390. The van der Waals surface area contributed by atoms with Crippen molar-refractivity contribution in [1.29, 1.82) is 0 Å². The fourth-order valence-corrected chi connectivity index (χ4v) is 2.55. The van der Waals surface area contributed by atoms with Gasteiger partial charge in [-0.05, 0) is 63.9 Å². The van der Waals surface area contributed by atoms with Crippen LogP contribution in [0.4, 0.5) is 0 Å². The van der Waals surface area contributed by atoms with Gasteiger partial charge in [0.2, 0.25) is 0 Å². The number of aryl methyl sites for hydroxylation is 1. The summed E-state index contributed by atoms with van der Waals surface area (Å²) in [4.78, 5) is 0. The lowest BCUT2D eigenvalue weighted by Gasteiger charge is -2.26. The highest BCUT2D eigenvalue weighted by atomic mass is 79.9. The first-order valence-electron chi connectivity index (χ1n) is 6.38. The first-order chi connectivity index (χ1) is 8.39. The molecule has 0 aliphatic rings. The summed E-state index contributed by atoms with van der Waals surface area (Å²) in [6, 6.07) is 6.85. The molecule has 0 fully saturated rings. The molecular formula is C15H24BrNO. The van der Waals surface area contributed by atoms with Gasteiger partial charge in [0.15, 0.2) is 0 Å². The Hall–Kier alpha value is -0.380. The summed E-state index contributed by atoms with van der Waals surface area (Å²) in [6.07, 6.45) is 2.10. The number of hydrogen-bond acceptors (Lipinski definition) is 2. The maximum absolute atomic E-state index is 5.48. The van der Waals surface area contributed by atoms with Crippen LogP contribution < -0.4 is 5.32 Å². The molecule has 0 heterocycles. The zero-order valence-corrected chi connectivity index (χ0v) is 13.6. The van der Waals surface area contributed by atoms with Crippen LogP contribution in [-0.4, -0.2) is 19.8 Å². The van der Waals surface area contributed by atoms with Gasteiger partial charge < -0.3 is 10.1 Å². The largest absolute Gasteiger partial charge is 0.379 e. The molecule has 0 spiro atoms. The smallest absolute Gasteiger partial charge is 0.0623 e. The van der Waals surface area contributed by atoms with Crippen LogP contribution in [0.3, 0.4) is 0 Å². The van der Waals surface area contributed by atoms with E-state index in [1.54, 1.807) is 7.11 Å². The zero-order valence-electron chi connectivity index (χ0n) is 12.0. The van der Waals surface area contributed by atoms with E-state index in [1.165, 1.54) is 11.1 Å². The third kappa shape index (κ3) is 4.38. The van der Waals surface area contributed by atoms with Crippen LogP contribution >= 0.6 is 15.9 Å². The van der Waals surface area contributed by atoms with Crippen molar-refractivity contribution in [3.8, 4) is 0 Å². The molecule has 1 aromatic rings. The molecule has 2 nitrogen and oxygen atoms in total. The fourth-order valence-electron chi connectivity index (χ4n) is 2.08. The second-order valence-electron chi connectivity index (χ2n) is 5.34. The van der Waals surface area contributed by atoms with Gasteiger partial charge in [0.05, 0.1) is 5.60 Å². The van der Waals surface area contributed by atoms with Gasteiger partial charge in [-0.15, -0.1) is 0 Å². The van der Waals surface area contributed by atoms with E-state index in [0.717, 1.165) is 17.3 Å². The molecule has 102 valence electrons. The van der Waals surface area contributed by atoms with Crippen LogP contribution in [0.1, 0.15) is 43.9 Å². The van der Waals surface area contributed by atoms with Gasteiger partial charge in [-0.3, -0.25) is 0 Å². The van der Waals surface area contributed by atoms with E-state index in [-0.39, 0.29) is 5.60 Å². The van der Waals surface area contributed by atoms with Crippen LogP contribution in [0.15, 0.2) is 22.7 Å². The average molecular weight is 314 g/mol. The standard InChI is InChI=1S/C15H24BrNO/c1-11-10-12(16)6-7-13(11)14(17-4)8-9-15(2,3)18-5/h6-7,10,14,17H,8-9H2,1-5H3. The number of methoxy groups -OCH3 is 1. The highest BCUT2D eigenvalue weighted by molar-refractivity contribution is 9.10. The Morgan fingerprint density at radius 1 is 1.39 bits per heavy atom. The van der Waals surface area contributed by atoms with E-state index in [2.05, 4.69) is 60.2 Å². The normalized spacial score (nSPS) is 13.7. The summed E-state index contributed by atoms with van der Waals surface area (Å²) < 4.78 is 6.62. The predicted octanol–water partition coefficient (Wildman–Crippen LogP) is 4.22. The van der Waals surface area contributed by atoms with Gasteiger partial charge in [0.25, 0.3) is 0 Å². The minimum absolute atomic E-state index is 0.0572. The lowest BCUT2D eigenvalue weighted by molar-refractivity contribution is 0.0118. The summed E-state index contributed by atoms with van der Waals surface area (Å²) in [5.74, 6) is 0. The minimum Gasteiger partial charge on any atom is -0.379 e. The van der Waals surface area contributed by atoms with Crippen molar-refractivity contribution in [2.45, 2.75) is 45.3 Å². The number of rotatable bonds is 6. The molecular weight excluding hydrogens is 290 g/mol. The van der Waals surface area contributed by atoms with Gasteiger partial charge in [-0.1, -0.05) is 22.0 Å². The molecule has 3 heteroatoms. The van der Waals surface area contributed by atoms with E-state index in [9.17, 15) is 0 Å². The molecule has 0 aliphatic carbocycles. The van der Waals surface area contributed by atoms with Crippen molar-refractivity contribution in [3.05, 3.63) is 33.8 Å². The summed E-state index contributed by atoms with van der Waals surface area (Å²) in [5.41, 5.74) is 2.63. The highest BCUT2D eigenvalue weighted by Gasteiger charge is 2.20. The van der Waals surface area contributed by atoms with Gasteiger partial charge in [-0.2, -0.15) is 0 Å². The Morgan fingerprint density at radius 2 is 2.06 bits per heavy atom. The summed E-state index contributed by atoms with van der Waals surface area (Å²) in [6.45, 7) is 6.42. The van der Waals surface area contributed by atoms with Crippen molar-refractivity contribution in [2.24, 2.45) is 0 Å². The van der Waals surface area contributed by atoms with Crippen LogP contribution in [0.2, 0.25) is 0 Å². The number of halogens is 1. The number of ether oxygens (including phenoxy) is 1. The van der Waals surface area contributed by atoms with Crippen LogP contribution in [-0.2, 0) is 4.74 Å². The second kappa shape index (κ2) is 6.69. The maximum atomic E-state index is 5.48. The van der Waals surface area contributed by atoms with Crippen molar-refractivity contribution in [2.75, 3.05) is 14.2 Å². The van der Waals surface area contributed by atoms with Crippen molar-refractivity contribution in [3.63, 3.8) is 0 Å². The maximum Gasteiger partial charge on any atom is 0.0623 e. The predicted molar refractivity (Wildman–Crippen MR) is 81.0 cm³/mol. The van der Waals surface area contributed by atoms with Gasteiger partial charge in [0, 0.05) is 17.6 Å². The number of benzene rings is 1. The van der Waals surface area contributed by atoms with E-state index in [0.29, 0.717) is 6.04 Å². The van der Waals surface area contributed by atoms with Crippen molar-refractivity contribution < 1.29 is 4.74 Å². The first-order valence-corrected chi connectivity index (χ1v) is 7.17. The van der Waals surface area contributed by atoms with E-state index >= 15 is 0 Å². The molecule has 0 aromatic heterocycles. The minimum atomic E-state index is -0.0572.